The molecule has 0 unspecified atom stereocenters. The SMILES string of the molecule is CCOC(=O)c1cnn(Cc2ccc3ncccc3c2)c1. The molecule has 106 valence electrons. The van der Waals surface area contributed by atoms with Crippen molar-refractivity contribution in [2.75, 3.05) is 6.61 Å². The monoisotopic (exact) mass is 281 g/mol. The molecule has 5 heteroatoms. The molecule has 0 fully saturated rings. The van der Waals surface area contributed by atoms with E-state index in [1.807, 2.05) is 24.3 Å². The number of aromatic nitrogens is 3. The van der Waals surface area contributed by atoms with Gasteiger partial charge in [-0.25, -0.2) is 4.79 Å². The summed E-state index contributed by atoms with van der Waals surface area (Å²) in [6, 6.07) is 10.0. The summed E-state index contributed by atoms with van der Waals surface area (Å²) >= 11 is 0. The highest BCUT2D eigenvalue weighted by Gasteiger charge is 2.09. The summed E-state index contributed by atoms with van der Waals surface area (Å²) in [5.74, 6) is -0.341. The molecule has 0 saturated heterocycles. The molecule has 5 nitrogen and oxygen atoms in total. The van der Waals surface area contributed by atoms with Gasteiger partial charge in [-0.3, -0.25) is 9.67 Å². The molecule has 2 aromatic heterocycles. The summed E-state index contributed by atoms with van der Waals surface area (Å²) in [7, 11) is 0. The van der Waals surface area contributed by atoms with Gasteiger partial charge in [-0.15, -0.1) is 0 Å². The zero-order valence-corrected chi connectivity index (χ0v) is 11.7. The Morgan fingerprint density at radius 1 is 1.33 bits per heavy atom. The number of ether oxygens (including phenoxy) is 1. The fourth-order valence-corrected chi connectivity index (χ4v) is 2.18. The highest BCUT2D eigenvalue weighted by atomic mass is 16.5. The van der Waals surface area contributed by atoms with Crippen molar-refractivity contribution in [2.24, 2.45) is 0 Å². The Kier molecular flexibility index (Phi) is 3.64. The Balaban J connectivity index is 1.80. The van der Waals surface area contributed by atoms with Crippen molar-refractivity contribution >= 4 is 16.9 Å². The van der Waals surface area contributed by atoms with E-state index in [1.54, 1.807) is 24.0 Å². The number of rotatable bonds is 4. The number of carbonyl (C=O) groups excluding carboxylic acids is 1. The third kappa shape index (κ3) is 2.91. The van der Waals surface area contributed by atoms with Crippen LogP contribution in [0, 0.1) is 0 Å². The third-order valence-electron chi connectivity index (χ3n) is 3.16. The molecule has 0 aliphatic carbocycles. The third-order valence-corrected chi connectivity index (χ3v) is 3.16. The molecule has 0 amide bonds. The van der Waals surface area contributed by atoms with Crippen LogP contribution in [0.1, 0.15) is 22.8 Å². The Morgan fingerprint density at radius 2 is 2.24 bits per heavy atom. The van der Waals surface area contributed by atoms with Gasteiger partial charge in [0.25, 0.3) is 0 Å². The van der Waals surface area contributed by atoms with Gasteiger partial charge < -0.3 is 4.74 Å². The van der Waals surface area contributed by atoms with Crippen LogP contribution < -0.4 is 0 Å². The summed E-state index contributed by atoms with van der Waals surface area (Å²) in [4.78, 5) is 15.9. The van der Waals surface area contributed by atoms with E-state index in [1.165, 1.54) is 6.20 Å². The van der Waals surface area contributed by atoms with Crippen LogP contribution in [-0.4, -0.2) is 27.3 Å². The van der Waals surface area contributed by atoms with Crippen molar-refractivity contribution in [1.82, 2.24) is 14.8 Å². The van der Waals surface area contributed by atoms with E-state index < -0.39 is 0 Å². The first kappa shape index (κ1) is 13.3. The van der Waals surface area contributed by atoms with Crippen molar-refractivity contribution in [3.63, 3.8) is 0 Å². The van der Waals surface area contributed by atoms with E-state index in [0.717, 1.165) is 16.5 Å². The molecular formula is C16H15N3O2. The first-order chi connectivity index (χ1) is 10.3. The van der Waals surface area contributed by atoms with Crippen molar-refractivity contribution in [3.05, 3.63) is 60.0 Å². The molecule has 0 radical (unpaired) electrons. The van der Waals surface area contributed by atoms with Crippen molar-refractivity contribution in [2.45, 2.75) is 13.5 Å². The van der Waals surface area contributed by atoms with E-state index in [4.69, 9.17) is 4.74 Å². The number of fused-ring (bicyclic) bond motifs is 1. The lowest BCUT2D eigenvalue weighted by molar-refractivity contribution is 0.0526. The van der Waals surface area contributed by atoms with Crippen LogP contribution in [-0.2, 0) is 11.3 Å². The Morgan fingerprint density at radius 3 is 3.10 bits per heavy atom. The number of carbonyl (C=O) groups is 1. The maximum atomic E-state index is 11.6. The maximum absolute atomic E-state index is 11.6. The minimum atomic E-state index is -0.341. The predicted molar refractivity (Wildman–Crippen MR) is 79.0 cm³/mol. The van der Waals surface area contributed by atoms with Crippen LogP contribution in [0.2, 0.25) is 0 Å². The average Bonchev–Trinajstić information content (AvgIpc) is 2.96. The number of pyridine rings is 1. The first-order valence-corrected chi connectivity index (χ1v) is 6.79. The van der Waals surface area contributed by atoms with Gasteiger partial charge in [0, 0.05) is 17.8 Å². The summed E-state index contributed by atoms with van der Waals surface area (Å²) in [5, 5.41) is 5.29. The van der Waals surface area contributed by atoms with Crippen LogP contribution in [0.25, 0.3) is 10.9 Å². The number of nitrogens with zero attached hydrogens (tertiary/aromatic N) is 3. The number of esters is 1. The fourth-order valence-electron chi connectivity index (χ4n) is 2.18. The van der Waals surface area contributed by atoms with Crippen molar-refractivity contribution in [1.29, 1.82) is 0 Å². The topological polar surface area (TPSA) is 57.0 Å². The molecule has 0 aliphatic rings. The first-order valence-electron chi connectivity index (χ1n) is 6.79. The number of benzene rings is 1. The minimum absolute atomic E-state index is 0.341. The second kappa shape index (κ2) is 5.75. The lowest BCUT2D eigenvalue weighted by Crippen LogP contribution is -2.04. The summed E-state index contributed by atoms with van der Waals surface area (Å²) < 4.78 is 6.67. The zero-order valence-electron chi connectivity index (χ0n) is 11.7. The Bertz CT molecular complexity index is 780. The molecule has 2 heterocycles. The Labute approximate surface area is 122 Å². The van der Waals surface area contributed by atoms with Gasteiger partial charge in [-0.2, -0.15) is 5.10 Å². The largest absolute Gasteiger partial charge is 0.462 e. The second-order valence-corrected chi connectivity index (χ2v) is 4.68. The molecule has 21 heavy (non-hydrogen) atoms. The van der Waals surface area contributed by atoms with Gasteiger partial charge in [0.15, 0.2) is 0 Å². The molecule has 0 aliphatic heterocycles. The van der Waals surface area contributed by atoms with E-state index in [0.29, 0.717) is 18.7 Å². The van der Waals surface area contributed by atoms with E-state index in [-0.39, 0.29) is 5.97 Å². The number of hydrogen-bond donors (Lipinski definition) is 0. The number of hydrogen-bond acceptors (Lipinski definition) is 4. The lowest BCUT2D eigenvalue weighted by atomic mass is 10.1. The van der Waals surface area contributed by atoms with Gasteiger partial charge in [-0.1, -0.05) is 12.1 Å². The summed E-state index contributed by atoms with van der Waals surface area (Å²) in [5.41, 5.74) is 2.54. The zero-order chi connectivity index (χ0) is 14.7. The molecule has 0 bridgehead atoms. The van der Waals surface area contributed by atoms with E-state index in [9.17, 15) is 4.79 Å². The van der Waals surface area contributed by atoms with E-state index >= 15 is 0 Å². The van der Waals surface area contributed by atoms with Gasteiger partial charge >= 0.3 is 5.97 Å². The van der Waals surface area contributed by atoms with E-state index in [2.05, 4.69) is 16.1 Å². The van der Waals surface area contributed by atoms with Crippen LogP contribution in [0.4, 0.5) is 0 Å². The highest BCUT2D eigenvalue weighted by molar-refractivity contribution is 5.88. The van der Waals surface area contributed by atoms with Gasteiger partial charge in [-0.05, 0) is 30.7 Å². The lowest BCUT2D eigenvalue weighted by Gasteiger charge is -2.03. The van der Waals surface area contributed by atoms with Gasteiger partial charge in [0.1, 0.15) is 0 Å². The van der Waals surface area contributed by atoms with Gasteiger partial charge in [0.2, 0.25) is 0 Å². The smallest absolute Gasteiger partial charge is 0.341 e. The highest BCUT2D eigenvalue weighted by Crippen LogP contribution is 2.14. The Hall–Kier alpha value is -2.69. The molecule has 0 spiro atoms. The van der Waals surface area contributed by atoms with Crippen LogP contribution in [0.3, 0.4) is 0 Å². The molecule has 3 rings (SSSR count). The van der Waals surface area contributed by atoms with Crippen molar-refractivity contribution < 1.29 is 9.53 Å². The molecule has 3 aromatic rings. The second-order valence-electron chi connectivity index (χ2n) is 4.68. The molecular weight excluding hydrogens is 266 g/mol. The molecule has 0 atom stereocenters. The molecule has 0 saturated carbocycles. The van der Waals surface area contributed by atoms with Crippen molar-refractivity contribution in [3.8, 4) is 0 Å². The van der Waals surface area contributed by atoms with Crippen LogP contribution in [0.15, 0.2) is 48.9 Å². The average molecular weight is 281 g/mol. The normalized spacial score (nSPS) is 10.7. The summed E-state index contributed by atoms with van der Waals surface area (Å²) in [6.07, 6.45) is 5.01. The van der Waals surface area contributed by atoms with Crippen LogP contribution >= 0.6 is 0 Å². The minimum Gasteiger partial charge on any atom is -0.462 e. The molecule has 0 N–H and O–H groups in total. The molecule has 1 aromatic carbocycles. The predicted octanol–water partition coefficient (Wildman–Crippen LogP) is 2.66. The quantitative estimate of drug-likeness (QED) is 0.690. The fraction of sp³-hybridized carbons (Fsp3) is 0.188. The standard InChI is InChI=1S/C16H15N3O2/c1-2-21-16(20)14-9-18-19(11-14)10-12-5-6-15-13(8-12)4-3-7-17-15/h3-9,11H,2,10H2,1H3. The summed E-state index contributed by atoms with van der Waals surface area (Å²) in [6.45, 7) is 2.75. The van der Waals surface area contributed by atoms with Gasteiger partial charge in [0.05, 0.1) is 30.4 Å². The maximum Gasteiger partial charge on any atom is 0.341 e. The van der Waals surface area contributed by atoms with Crippen LogP contribution in [0.5, 0.6) is 0 Å².